The maximum absolute atomic E-state index is 9.67. The second-order valence-electron chi connectivity index (χ2n) is 4.52. The molecule has 1 heterocycles. The Morgan fingerprint density at radius 1 is 1.59 bits per heavy atom. The largest absolute Gasteiger partial charge is 0.389 e. The molecular weight excluding hydrogens is 302 g/mol. The predicted molar refractivity (Wildman–Crippen MR) is 73.3 cm³/mol. The SMILES string of the molecule is OC(CNCc1csc(Br)c1)COCC1CC1. The number of ether oxygens (including phenoxy) is 1. The number of aliphatic hydroxyl groups excluding tert-OH is 1. The Labute approximate surface area is 114 Å². The van der Waals surface area contributed by atoms with Gasteiger partial charge in [-0.3, -0.25) is 0 Å². The van der Waals surface area contributed by atoms with E-state index in [1.54, 1.807) is 11.3 Å². The molecule has 0 bridgehead atoms. The fraction of sp³-hybridized carbons (Fsp3) is 0.667. The van der Waals surface area contributed by atoms with Crippen LogP contribution in [0.5, 0.6) is 0 Å². The van der Waals surface area contributed by atoms with Gasteiger partial charge in [0.1, 0.15) is 0 Å². The van der Waals surface area contributed by atoms with E-state index in [0.717, 1.165) is 22.9 Å². The van der Waals surface area contributed by atoms with Crippen molar-refractivity contribution in [1.82, 2.24) is 5.32 Å². The molecule has 1 aliphatic rings. The van der Waals surface area contributed by atoms with Crippen LogP contribution in [0, 0.1) is 5.92 Å². The Bertz CT molecular complexity index is 341. The molecule has 96 valence electrons. The van der Waals surface area contributed by atoms with Crippen LogP contribution in [0.1, 0.15) is 18.4 Å². The van der Waals surface area contributed by atoms with Crippen molar-refractivity contribution >= 4 is 27.3 Å². The lowest BCUT2D eigenvalue weighted by atomic mass is 10.3. The summed E-state index contributed by atoms with van der Waals surface area (Å²) in [4.78, 5) is 0. The van der Waals surface area contributed by atoms with Crippen LogP contribution in [0.2, 0.25) is 0 Å². The van der Waals surface area contributed by atoms with Gasteiger partial charge in [-0.15, -0.1) is 11.3 Å². The van der Waals surface area contributed by atoms with Crippen LogP contribution < -0.4 is 5.32 Å². The molecule has 0 amide bonds. The Kier molecular flexibility index (Phi) is 5.44. The van der Waals surface area contributed by atoms with E-state index in [-0.39, 0.29) is 0 Å². The summed E-state index contributed by atoms with van der Waals surface area (Å²) in [6.45, 7) is 2.63. The van der Waals surface area contributed by atoms with E-state index in [2.05, 4.69) is 32.7 Å². The number of thiophene rings is 1. The van der Waals surface area contributed by atoms with E-state index in [4.69, 9.17) is 4.74 Å². The number of rotatable bonds is 8. The highest BCUT2D eigenvalue weighted by atomic mass is 79.9. The number of hydrogen-bond donors (Lipinski definition) is 2. The standard InChI is InChI=1S/C12H18BrNO2S/c13-12-3-10(8-17-12)4-14-5-11(15)7-16-6-9-1-2-9/h3,8-9,11,14-15H,1-2,4-7H2. The zero-order valence-electron chi connectivity index (χ0n) is 9.69. The van der Waals surface area contributed by atoms with Crippen molar-refractivity contribution in [2.24, 2.45) is 5.92 Å². The molecule has 3 nitrogen and oxygen atoms in total. The van der Waals surface area contributed by atoms with Gasteiger partial charge in [-0.2, -0.15) is 0 Å². The molecule has 5 heteroatoms. The summed E-state index contributed by atoms with van der Waals surface area (Å²) in [5.41, 5.74) is 1.24. The van der Waals surface area contributed by atoms with Gasteiger partial charge in [-0.25, -0.2) is 0 Å². The Morgan fingerprint density at radius 2 is 2.41 bits per heavy atom. The fourth-order valence-electron chi connectivity index (χ4n) is 1.54. The van der Waals surface area contributed by atoms with Crippen LogP contribution in [0.25, 0.3) is 0 Å². The highest BCUT2D eigenvalue weighted by molar-refractivity contribution is 9.11. The lowest BCUT2D eigenvalue weighted by molar-refractivity contribution is 0.0324. The second-order valence-corrected chi connectivity index (χ2v) is 6.82. The van der Waals surface area contributed by atoms with Crippen molar-refractivity contribution in [2.45, 2.75) is 25.5 Å². The topological polar surface area (TPSA) is 41.5 Å². The molecular formula is C12H18BrNO2S. The Morgan fingerprint density at radius 3 is 3.06 bits per heavy atom. The van der Waals surface area contributed by atoms with Crippen molar-refractivity contribution in [3.63, 3.8) is 0 Å². The molecule has 2 rings (SSSR count). The van der Waals surface area contributed by atoms with Crippen molar-refractivity contribution in [3.05, 3.63) is 20.8 Å². The number of aliphatic hydroxyl groups is 1. The third kappa shape index (κ3) is 5.48. The lowest BCUT2D eigenvalue weighted by Crippen LogP contribution is -2.30. The zero-order valence-corrected chi connectivity index (χ0v) is 12.1. The summed E-state index contributed by atoms with van der Waals surface area (Å²) >= 11 is 5.10. The third-order valence-electron chi connectivity index (χ3n) is 2.69. The van der Waals surface area contributed by atoms with Gasteiger partial charge in [0, 0.05) is 19.7 Å². The highest BCUT2D eigenvalue weighted by Crippen LogP contribution is 2.28. The van der Waals surface area contributed by atoms with Crippen LogP contribution in [0.3, 0.4) is 0 Å². The molecule has 0 radical (unpaired) electrons. The summed E-state index contributed by atoms with van der Waals surface area (Å²) in [5.74, 6) is 0.762. The van der Waals surface area contributed by atoms with E-state index in [0.29, 0.717) is 13.2 Å². The first-order valence-corrected chi connectivity index (χ1v) is 7.60. The first-order valence-electron chi connectivity index (χ1n) is 5.93. The van der Waals surface area contributed by atoms with Gasteiger partial charge in [-0.05, 0) is 51.7 Å². The maximum atomic E-state index is 9.67. The highest BCUT2D eigenvalue weighted by Gasteiger charge is 2.21. The summed E-state index contributed by atoms with van der Waals surface area (Å²) in [5, 5.41) is 15.0. The van der Waals surface area contributed by atoms with E-state index in [1.165, 1.54) is 18.4 Å². The van der Waals surface area contributed by atoms with Gasteiger partial charge >= 0.3 is 0 Å². The van der Waals surface area contributed by atoms with Gasteiger partial charge in [0.2, 0.25) is 0 Å². The van der Waals surface area contributed by atoms with Gasteiger partial charge in [0.05, 0.1) is 16.5 Å². The fourth-order valence-corrected chi connectivity index (χ4v) is 2.74. The second kappa shape index (κ2) is 6.85. The minimum Gasteiger partial charge on any atom is -0.389 e. The summed E-state index contributed by atoms with van der Waals surface area (Å²) in [6, 6.07) is 2.09. The first kappa shape index (κ1) is 13.5. The maximum Gasteiger partial charge on any atom is 0.0897 e. The molecule has 0 saturated heterocycles. The molecule has 1 saturated carbocycles. The van der Waals surface area contributed by atoms with E-state index in [1.807, 2.05) is 0 Å². The van der Waals surface area contributed by atoms with Gasteiger partial charge in [-0.1, -0.05) is 0 Å². The van der Waals surface area contributed by atoms with E-state index in [9.17, 15) is 5.11 Å². The van der Waals surface area contributed by atoms with Crippen LogP contribution in [0.15, 0.2) is 15.2 Å². The molecule has 1 fully saturated rings. The summed E-state index contributed by atoms with van der Waals surface area (Å²) in [7, 11) is 0. The molecule has 1 atom stereocenters. The minimum absolute atomic E-state index is 0.407. The quantitative estimate of drug-likeness (QED) is 0.773. The van der Waals surface area contributed by atoms with Crippen molar-refractivity contribution < 1.29 is 9.84 Å². The molecule has 1 aliphatic carbocycles. The van der Waals surface area contributed by atoms with E-state index < -0.39 is 6.10 Å². The normalized spacial score (nSPS) is 17.3. The first-order chi connectivity index (χ1) is 8.24. The molecule has 0 spiro atoms. The number of hydrogen-bond acceptors (Lipinski definition) is 4. The van der Waals surface area contributed by atoms with Gasteiger partial charge < -0.3 is 15.2 Å². The number of halogens is 1. The molecule has 1 unspecified atom stereocenters. The van der Waals surface area contributed by atoms with Crippen molar-refractivity contribution in [1.29, 1.82) is 0 Å². The Hall–Kier alpha value is 0.0600. The summed E-state index contributed by atoms with van der Waals surface area (Å²) < 4.78 is 6.57. The van der Waals surface area contributed by atoms with Gasteiger partial charge in [0.15, 0.2) is 0 Å². The molecule has 1 aromatic rings. The lowest BCUT2D eigenvalue weighted by Gasteiger charge is -2.11. The number of nitrogens with one attached hydrogen (secondary N) is 1. The monoisotopic (exact) mass is 319 g/mol. The van der Waals surface area contributed by atoms with Crippen LogP contribution in [-0.2, 0) is 11.3 Å². The van der Waals surface area contributed by atoms with Crippen LogP contribution >= 0.6 is 27.3 Å². The van der Waals surface area contributed by atoms with Crippen molar-refractivity contribution in [2.75, 3.05) is 19.8 Å². The molecule has 0 aliphatic heterocycles. The Balaban J connectivity index is 1.51. The average Bonchev–Trinajstić information content (AvgIpc) is 3.02. The predicted octanol–water partition coefficient (Wildman–Crippen LogP) is 2.39. The van der Waals surface area contributed by atoms with Crippen LogP contribution in [0.4, 0.5) is 0 Å². The van der Waals surface area contributed by atoms with E-state index >= 15 is 0 Å². The zero-order chi connectivity index (χ0) is 12.1. The molecule has 1 aromatic heterocycles. The third-order valence-corrected chi connectivity index (χ3v) is 4.24. The van der Waals surface area contributed by atoms with Crippen molar-refractivity contribution in [3.8, 4) is 0 Å². The molecule has 2 N–H and O–H groups in total. The summed E-state index contributed by atoms with van der Waals surface area (Å²) in [6.07, 6.45) is 2.18. The minimum atomic E-state index is -0.407. The molecule has 17 heavy (non-hydrogen) atoms. The van der Waals surface area contributed by atoms with Gasteiger partial charge in [0.25, 0.3) is 0 Å². The smallest absolute Gasteiger partial charge is 0.0897 e. The van der Waals surface area contributed by atoms with Crippen LogP contribution in [-0.4, -0.2) is 31.0 Å². The molecule has 0 aromatic carbocycles. The average molecular weight is 320 g/mol.